The molecule has 0 aliphatic heterocycles. The highest BCUT2D eigenvalue weighted by atomic mass is 31.2. The van der Waals surface area contributed by atoms with Crippen LogP contribution in [0.5, 0.6) is 0 Å². The van der Waals surface area contributed by atoms with E-state index in [0.29, 0.717) is 19.3 Å². The third kappa shape index (κ3) is 7.44. The van der Waals surface area contributed by atoms with E-state index in [1.165, 1.54) is 0 Å². The summed E-state index contributed by atoms with van der Waals surface area (Å²) in [6.45, 7) is -0.244. The van der Waals surface area contributed by atoms with E-state index in [1.807, 2.05) is 0 Å². The Bertz CT molecular complexity index is 185. The highest BCUT2D eigenvalue weighted by Gasteiger charge is 2.06. The first-order valence-electron chi connectivity index (χ1n) is 4.32. The smallest absolute Gasteiger partial charge is 0.267 e. The number of aliphatic hydroxyl groups is 2. The van der Waals surface area contributed by atoms with E-state index in [0.717, 1.165) is 7.11 Å². The number of hydrogen-bond donors (Lipinski definition) is 2. The van der Waals surface area contributed by atoms with Crippen molar-refractivity contribution in [2.45, 2.75) is 25.4 Å². The van der Waals surface area contributed by atoms with Crippen LogP contribution in [0.25, 0.3) is 0 Å². The van der Waals surface area contributed by atoms with Gasteiger partial charge in [-0.05, 0) is 19.3 Å². The van der Waals surface area contributed by atoms with Crippen LogP contribution in [0.1, 0.15) is 19.3 Å². The summed E-state index contributed by atoms with van der Waals surface area (Å²) >= 11 is 0. The van der Waals surface area contributed by atoms with Crippen LogP contribution in [0, 0.1) is 0 Å². The molecule has 0 fully saturated rings. The normalized spacial score (nSPS) is 17.7. The summed E-state index contributed by atoms with van der Waals surface area (Å²) in [6.07, 6.45) is 0.769. The zero-order valence-electron chi connectivity index (χ0n) is 8.09. The second-order valence-electron chi connectivity index (χ2n) is 2.80. The minimum absolute atomic E-state index is 0.0345. The van der Waals surface area contributed by atoms with Gasteiger partial charge in [-0.25, -0.2) is 0 Å². The molecule has 0 aromatic heterocycles. The lowest BCUT2D eigenvalue weighted by Gasteiger charge is -2.20. The topological polar surface area (TPSA) is 99.1 Å². The molecule has 0 radical (unpaired) electrons. The molecule has 0 rings (SSSR count). The molecule has 0 spiro atoms. The Morgan fingerprint density at radius 1 is 1.50 bits per heavy atom. The molecule has 0 aliphatic rings. The van der Waals surface area contributed by atoms with Gasteiger partial charge in [0, 0.05) is 7.11 Å². The summed E-state index contributed by atoms with van der Waals surface area (Å²) in [6, 6.07) is 0. The Hall–Kier alpha value is 0.0300. The Balaban J connectivity index is 3.34. The van der Waals surface area contributed by atoms with Gasteiger partial charge in [0.25, 0.3) is 7.82 Å². The summed E-state index contributed by atoms with van der Waals surface area (Å²) in [5.74, 6) is 0. The molecule has 14 heavy (non-hydrogen) atoms. The molecule has 0 heterocycles. The van der Waals surface area contributed by atoms with Crippen LogP contribution in [0.2, 0.25) is 0 Å². The monoisotopic (exact) mass is 227 g/mol. The number of hydrogen-bond acceptors (Lipinski definition) is 6. The summed E-state index contributed by atoms with van der Waals surface area (Å²) in [7, 11) is -3.08. The Labute approximate surface area is 83.1 Å². The molecular weight excluding hydrogens is 211 g/mol. The van der Waals surface area contributed by atoms with Crippen molar-refractivity contribution in [2.24, 2.45) is 0 Å². The first-order chi connectivity index (χ1) is 6.52. The molecule has 0 saturated heterocycles. The van der Waals surface area contributed by atoms with Crippen molar-refractivity contribution >= 4 is 7.82 Å². The van der Waals surface area contributed by atoms with Crippen LogP contribution in [-0.2, 0) is 13.6 Å². The molecule has 0 saturated carbocycles. The fraction of sp³-hybridized carbons (Fsp3) is 1.00. The molecule has 0 aromatic carbocycles. The standard InChI is InChI=1S/C7H17O6P/c1-12-14(10,11)13-5-3-2-4-7(9)6-8/h7-9H,2-6H2,1H3,(H,10,11)/p-1. The fourth-order valence-corrected chi connectivity index (χ4v) is 1.26. The van der Waals surface area contributed by atoms with Gasteiger partial charge in [0.05, 0.1) is 19.3 Å². The lowest BCUT2D eigenvalue weighted by atomic mass is 10.2. The number of rotatable bonds is 8. The average Bonchev–Trinajstić information content (AvgIpc) is 2.17. The zero-order valence-corrected chi connectivity index (χ0v) is 8.98. The van der Waals surface area contributed by atoms with E-state index < -0.39 is 13.9 Å². The van der Waals surface area contributed by atoms with Crippen molar-refractivity contribution < 1.29 is 28.7 Å². The fourth-order valence-electron chi connectivity index (χ4n) is 0.802. The molecule has 2 unspecified atom stereocenters. The van der Waals surface area contributed by atoms with E-state index in [1.54, 1.807) is 0 Å². The lowest BCUT2D eigenvalue weighted by molar-refractivity contribution is -0.223. The van der Waals surface area contributed by atoms with Gasteiger partial charge in [-0.15, -0.1) is 0 Å². The van der Waals surface area contributed by atoms with Crippen molar-refractivity contribution in [3.8, 4) is 0 Å². The van der Waals surface area contributed by atoms with Crippen LogP contribution >= 0.6 is 7.82 Å². The summed E-state index contributed by atoms with van der Waals surface area (Å²) < 4.78 is 19.1. The maximum atomic E-state index is 10.6. The van der Waals surface area contributed by atoms with Gasteiger partial charge in [0.2, 0.25) is 0 Å². The van der Waals surface area contributed by atoms with Gasteiger partial charge in [-0.2, -0.15) is 0 Å². The van der Waals surface area contributed by atoms with Crippen LogP contribution in [0.3, 0.4) is 0 Å². The predicted octanol–water partition coefficient (Wildman–Crippen LogP) is -0.359. The van der Waals surface area contributed by atoms with Gasteiger partial charge in [-0.3, -0.25) is 4.57 Å². The molecule has 0 aromatic rings. The zero-order chi connectivity index (χ0) is 11.0. The minimum Gasteiger partial charge on any atom is -0.756 e. The molecule has 2 atom stereocenters. The summed E-state index contributed by atoms with van der Waals surface area (Å²) in [5.41, 5.74) is 0. The first kappa shape index (κ1) is 14.0. The largest absolute Gasteiger partial charge is 0.756 e. The maximum absolute atomic E-state index is 10.6. The van der Waals surface area contributed by atoms with E-state index in [2.05, 4.69) is 9.05 Å². The molecule has 0 aliphatic carbocycles. The van der Waals surface area contributed by atoms with Gasteiger partial charge in [0.15, 0.2) is 0 Å². The molecule has 86 valence electrons. The van der Waals surface area contributed by atoms with Gasteiger partial charge in [0.1, 0.15) is 0 Å². The second-order valence-corrected chi connectivity index (χ2v) is 4.31. The minimum atomic E-state index is -4.11. The Morgan fingerprint density at radius 2 is 2.14 bits per heavy atom. The average molecular weight is 227 g/mol. The van der Waals surface area contributed by atoms with E-state index in [4.69, 9.17) is 10.2 Å². The molecule has 7 heteroatoms. The third-order valence-corrected chi connectivity index (χ3v) is 2.56. The molecule has 0 amide bonds. The highest BCUT2D eigenvalue weighted by Crippen LogP contribution is 2.36. The second kappa shape index (κ2) is 7.34. The third-order valence-electron chi connectivity index (χ3n) is 1.62. The van der Waals surface area contributed by atoms with Crippen molar-refractivity contribution in [1.82, 2.24) is 0 Å². The maximum Gasteiger partial charge on any atom is 0.267 e. The van der Waals surface area contributed by atoms with Gasteiger partial charge < -0.3 is 24.2 Å². The number of phosphoric ester groups is 1. The number of unbranched alkanes of at least 4 members (excludes halogenated alkanes) is 1. The van der Waals surface area contributed by atoms with Gasteiger partial charge in [-0.1, -0.05) is 0 Å². The molecule has 6 nitrogen and oxygen atoms in total. The summed E-state index contributed by atoms with van der Waals surface area (Å²) in [5, 5.41) is 17.4. The van der Waals surface area contributed by atoms with Crippen LogP contribution in [0.4, 0.5) is 0 Å². The van der Waals surface area contributed by atoms with Crippen molar-refractivity contribution in [1.29, 1.82) is 0 Å². The first-order valence-corrected chi connectivity index (χ1v) is 5.78. The lowest BCUT2D eigenvalue weighted by Crippen LogP contribution is -2.12. The summed E-state index contributed by atoms with van der Waals surface area (Å²) in [4.78, 5) is 10.6. The number of phosphoric acid groups is 1. The van der Waals surface area contributed by atoms with Crippen LogP contribution < -0.4 is 4.89 Å². The van der Waals surface area contributed by atoms with E-state index in [-0.39, 0.29) is 13.2 Å². The highest BCUT2D eigenvalue weighted by molar-refractivity contribution is 7.45. The Kier molecular flexibility index (Phi) is 7.35. The molecule has 2 N–H and O–H groups in total. The molecule has 0 bridgehead atoms. The van der Waals surface area contributed by atoms with Crippen LogP contribution in [-0.4, -0.2) is 36.6 Å². The molecular formula is C7H16O6P-. The number of aliphatic hydroxyl groups excluding tert-OH is 2. The SMILES string of the molecule is COP(=O)([O-])OCCCCC(O)CO. The van der Waals surface area contributed by atoms with Crippen molar-refractivity contribution in [2.75, 3.05) is 20.3 Å². The predicted molar refractivity (Wildman–Crippen MR) is 47.5 cm³/mol. The quantitative estimate of drug-likeness (QED) is 0.434. The Morgan fingerprint density at radius 3 is 2.64 bits per heavy atom. The van der Waals surface area contributed by atoms with Crippen molar-refractivity contribution in [3.63, 3.8) is 0 Å². The van der Waals surface area contributed by atoms with Gasteiger partial charge >= 0.3 is 0 Å². The van der Waals surface area contributed by atoms with Crippen molar-refractivity contribution in [3.05, 3.63) is 0 Å². The van der Waals surface area contributed by atoms with Crippen LogP contribution in [0.15, 0.2) is 0 Å². The van der Waals surface area contributed by atoms with E-state index in [9.17, 15) is 9.46 Å². The van der Waals surface area contributed by atoms with E-state index >= 15 is 0 Å².